The Labute approximate surface area is 231 Å². The van der Waals surface area contributed by atoms with Crippen LogP contribution in [0.2, 0.25) is 0 Å². The van der Waals surface area contributed by atoms with E-state index < -0.39 is 84.0 Å². The van der Waals surface area contributed by atoms with Crippen LogP contribution < -0.4 is 20.9 Å². The number of ether oxygens (including phenoxy) is 2. The molecule has 2 aromatic heterocycles. The molecular formula is C25H29FN6O7. The number of halogens is 1. The van der Waals surface area contributed by atoms with Gasteiger partial charge in [-0.2, -0.15) is 0 Å². The summed E-state index contributed by atoms with van der Waals surface area (Å²) in [5, 5.41) is 11.5. The van der Waals surface area contributed by atoms with Crippen molar-refractivity contribution in [3.63, 3.8) is 0 Å². The number of rotatable bonds is 12. The smallest absolute Gasteiger partial charge is 0.309 e. The first-order valence-electron chi connectivity index (χ1n) is 14.4. The summed E-state index contributed by atoms with van der Waals surface area (Å²) in [5.41, 5.74) is -3.52. The van der Waals surface area contributed by atoms with Gasteiger partial charge in [-0.3, -0.25) is 23.7 Å². The van der Waals surface area contributed by atoms with Gasteiger partial charge in [-0.25, -0.2) is 9.37 Å². The SMILES string of the molecule is [2H]C([2H])([2H])c1nnc(C(=O)NC(C)(C)c2nc(C(=O)NCc3ccc(F)cc3)c(OCC(=O)CCOC)c(=O)n2C([2H])([2H])[2H])o1. The molecule has 0 bridgehead atoms. The zero-order valence-electron chi connectivity index (χ0n) is 27.2. The van der Waals surface area contributed by atoms with E-state index in [0.717, 1.165) is 12.1 Å². The highest BCUT2D eigenvalue weighted by Gasteiger charge is 2.33. The van der Waals surface area contributed by atoms with E-state index in [-0.39, 0.29) is 24.1 Å². The van der Waals surface area contributed by atoms with Gasteiger partial charge in [0.15, 0.2) is 11.5 Å². The van der Waals surface area contributed by atoms with Gasteiger partial charge in [0, 0.05) is 42.1 Å². The summed E-state index contributed by atoms with van der Waals surface area (Å²) in [6.07, 6.45) is -0.111. The molecule has 0 aliphatic carbocycles. The molecule has 2 amide bonds. The van der Waals surface area contributed by atoms with Crippen LogP contribution in [0.4, 0.5) is 4.39 Å². The van der Waals surface area contributed by atoms with E-state index in [4.69, 9.17) is 22.1 Å². The maximum absolute atomic E-state index is 13.7. The fourth-order valence-electron chi connectivity index (χ4n) is 3.23. The third-order valence-corrected chi connectivity index (χ3v) is 5.19. The summed E-state index contributed by atoms with van der Waals surface area (Å²) < 4.78 is 74.7. The average Bonchev–Trinajstić information content (AvgIpc) is 3.45. The minimum Gasteiger partial charge on any atom is -0.478 e. The predicted octanol–water partition coefficient (Wildman–Crippen LogP) is 1.19. The standard InChI is InChI=1S/C25H29FN6O7/c1-14-30-31-22(39-14)21(35)29-25(2,3)24-28-18(20(34)27-12-15-6-8-16(26)9-7-15)19(23(36)32(24)4)38-13-17(33)10-11-37-5/h6-9H,10-13H2,1-5H3,(H,27,34)(H,29,35)/i1D3,4D3. The van der Waals surface area contributed by atoms with Gasteiger partial charge < -0.3 is 24.5 Å². The molecule has 0 unspecified atom stereocenters. The van der Waals surface area contributed by atoms with Gasteiger partial charge in [-0.15, -0.1) is 10.2 Å². The predicted molar refractivity (Wildman–Crippen MR) is 134 cm³/mol. The Balaban J connectivity index is 2.10. The van der Waals surface area contributed by atoms with E-state index in [1.54, 1.807) is 0 Å². The van der Waals surface area contributed by atoms with Crippen LogP contribution in [-0.2, 0) is 28.6 Å². The number of ketones is 1. The number of aromatic nitrogens is 4. The maximum atomic E-state index is 13.7. The average molecular weight is 551 g/mol. The van der Waals surface area contributed by atoms with Crippen LogP contribution in [-0.4, -0.2) is 57.7 Å². The molecule has 0 radical (unpaired) electrons. The number of hydrogen-bond acceptors (Lipinski definition) is 10. The van der Waals surface area contributed by atoms with Gasteiger partial charge >= 0.3 is 11.8 Å². The molecule has 13 nitrogen and oxygen atoms in total. The molecule has 0 saturated heterocycles. The molecule has 2 N–H and O–H groups in total. The van der Waals surface area contributed by atoms with Crippen molar-refractivity contribution in [3.8, 4) is 5.75 Å². The molecule has 208 valence electrons. The van der Waals surface area contributed by atoms with Crippen LogP contribution in [0.3, 0.4) is 0 Å². The summed E-state index contributed by atoms with van der Waals surface area (Å²) >= 11 is 0. The van der Waals surface area contributed by atoms with Gasteiger partial charge in [0.05, 0.1) is 12.1 Å². The molecule has 0 saturated carbocycles. The Kier molecular flexibility index (Phi) is 6.82. The summed E-state index contributed by atoms with van der Waals surface area (Å²) in [4.78, 5) is 56.4. The highest BCUT2D eigenvalue weighted by molar-refractivity contribution is 5.95. The number of carbonyl (C=O) groups excluding carboxylic acids is 3. The normalized spacial score (nSPS) is 14.2. The lowest BCUT2D eigenvalue weighted by Gasteiger charge is -2.27. The van der Waals surface area contributed by atoms with Crippen LogP contribution in [0.1, 0.15) is 66.9 Å². The Morgan fingerprint density at radius 2 is 1.92 bits per heavy atom. The van der Waals surface area contributed by atoms with Crippen molar-refractivity contribution in [2.75, 3.05) is 20.3 Å². The quantitative estimate of drug-likeness (QED) is 0.334. The lowest BCUT2D eigenvalue weighted by molar-refractivity contribution is -0.121. The van der Waals surface area contributed by atoms with E-state index in [0.29, 0.717) is 5.56 Å². The Bertz CT molecular complexity index is 1620. The summed E-state index contributed by atoms with van der Waals surface area (Å²) in [5.74, 6) is -6.37. The molecule has 0 spiro atoms. The highest BCUT2D eigenvalue weighted by Crippen LogP contribution is 2.21. The molecule has 0 aliphatic heterocycles. The van der Waals surface area contributed by atoms with Gasteiger partial charge in [0.2, 0.25) is 11.6 Å². The number of methoxy groups -OCH3 is 1. The fourth-order valence-corrected chi connectivity index (χ4v) is 3.23. The second-order valence-corrected chi connectivity index (χ2v) is 8.62. The lowest BCUT2D eigenvalue weighted by atomic mass is 10.0. The van der Waals surface area contributed by atoms with Crippen LogP contribution in [0, 0.1) is 12.7 Å². The van der Waals surface area contributed by atoms with Crippen molar-refractivity contribution in [1.29, 1.82) is 0 Å². The number of benzene rings is 1. The number of hydrogen-bond donors (Lipinski definition) is 2. The number of amides is 2. The van der Waals surface area contributed by atoms with Crippen LogP contribution in [0.15, 0.2) is 33.5 Å². The largest absolute Gasteiger partial charge is 0.478 e. The molecule has 14 heteroatoms. The van der Waals surface area contributed by atoms with Crippen LogP contribution >= 0.6 is 0 Å². The molecule has 39 heavy (non-hydrogen) atoms. The Hall–Kier alpha value is -4.46. The molecular weight excluding hydrogens is 515 g/mol. The molecule has 3 aromatic rings. The zero-order chi connectivity index (χ0) is 33.7. The van der Waals surface area contributed by atoms with Crippen LogP contribution in [0.5, 0.6) is 5.75 Å². The molecule has 1 aromatic carbocycles. The fraction of sp³-hybridized carbons (Fsp3) is 0.400. The molecule has 0 aliphatic rings. The second kappa shape index (κ2) is 12.4. The third-order valence-electron chi connectivity index (χ3n) is 5.19. The van der Waals surface area contributed by atoms with Crippen molar-refractivity contribution in [2.24, 2.45) is 6.98 Å². The van der Waals surface area contributed by atoms with E-state index in [1.807, 2.05) is 0 Å². The van der Waals surface area contributed by atoms with Gasteiger partial charge in [-0.1, -0.05) is 12.1 Å². The number of carbonyl (C=O) groups is 3. The first-order chi connectivity index (χ1) is 20.8. The number of aryl methyl sites for hydroxylation is 1. The lowest BCUT2D eigenvalue weighted by Crippen LogP contribution is -2.46. The zero-order valence-corrected chi connectivity index (χ0v) is 21.2. The van der Waals surface area contributed by atoms with Crippen molar-refractivity contribution < 1.29 is 40.9 Å². The van der Waals surface area contributed by atoms with Crippen LogP contribution in [0.25, 0.3) is 0 Å². The molecule has 0 atom stereocenters. The summed E-state index contributed by atoms with van der Waals surface area (Å²) in [6.45, 7) is -4.46. The second-order valence-electron chi connectivity index (χ2n) is 8.62. The van der Waals surface area contributed by atoms with Gasteiger partial charge in [0.25, 0.3) is 11.5 Å². The monoisotopic (exact) mass is 550 g/mol. The number of nitrogens with zero attached hydrogens (tertiary/aromatic N) is 4. The summed E-state index contributed by atoms with van der Waals surface area (Å²) in [7, 11) is 1.36. The topological polar surface area (TPSA) is 168 Å². The number of nitrogens with one attached hydrogen (secondary N) is 2. The molecule has 0 fully saturated rings. The van der Waals surface area contributed by atoms with Gasteiger partial charge in [-0.05, 0) is 31.5 Å². The molecule has 2 heterocycles. The van der Waals surface area contributed by atoms with E-state index in [9.17, 15) is 23.6 Å². The molecule has 3 rings (SSSR count). The van der Waals surface area contributed by atoms with Gasteiger partial charge in [0.1, 0.15) is 18.2 Å². The van der Waals surface area contributed by atoms with Crippen molar-refractivity contribution in [2.45, 2.75) is 39.2 Å². The summed E-state index contributed by atoms with van der Waals surface area (Å²) in [6, 6.07) is 5.10. The highest BCUT2D eigenvalue weighted by atomic mass is 19.1. The minimum atomic E-state index is -3.25. The van der Waals surface area contributed by atoms with E-state index in [1.165, 1.54) is 33.1 Å². The van der Waals surface area contributed by atoms with E-state index in [2.05, 4.69) is 25.8 Å². The maximum Gasteiger partial charge on any atom is 0.309 e. The van der Waals surface area contributed by atoms with Crippen molar-refractivity contribution in [1.82, 2.24) is 30.4 Å². The number of Topliss-reactive ketones (excluding diaryl/α,β-unsaturated/α-hetero) is 1. The Morgan fingerprint density at radius 3 is 2.56 bits per heavy atom. The van der Waals surface area contributed by atoms with Crippen molar-refractivity contribution >= 4 is 17.6 Å². The first kappa shape index (κ1) is 21.5. The third kappa shape index (κ3) is 7.31. The Morgan fingerprint density at radius 1 is 1.18 bits per heavy atom. The van der Waals surface area contributed by atoms with Crippen molar-refractivity contribution in [3.05, 3.63) is 69.3 Å². The first-order valence-corrected chi connectivity index (χ1v) is 11.4. The van der Waals surface area contributed by atoms with E-state index >= 15 is 0 Å². The minimum absolute atomic E-state index is 0.0334.